The van der Waals surface area contributed by atoms with Crippen LogP contribution < -0.4 is 0 Å². The Morgan fingerprint density at radius 2 is 1.69 bits per heavy atom. The van der Waals surface area contributed by atoms with Gasteiger partial charge in [0.25, 0.3) is 0 Å². The van der Waals surface area contributed by atoms with Gasteiger partial charge in [0.2, 0.25) is 0 Å². The van der Waals surface area contributed by atoms with Crippen molar-refractivity contribution in [2.24, 2.45) is 5.92 Å². The smallest absolute Gasteiger partial charge is 0.0896 e. The summed E-state index contributed by atoms with van der Waals surface area (Å²) < 4.78 is 0. The highest BCUT2D eigenvalue weighted by atomic mass is 16.3. The van der Waals surface area contributed by atoms with E-state index in [4.69, 9.17) is 0 Å². The van der Waals surface area contributed by atoms with Gasteiger partial charge in [-0.05, 0) is 55.6 Å². The van der Waals surface area contributed by atoms with E-state index >= 15 is 0 Å². The molecule has 1 nitrogen and oxygen atoms in total. The topological polar surface area (TPSA) is 20.2 Å². The molecule has 0 spiro atoms. The number of hydrogen-bond donors (Lipinski definition) is 1. The predicted molar refractivity (Wildman–Crippen MR) is 65.3 cm³/mol. The summed E-state index contributed by atoms with van der Waals surface area (Å²) in [6, 6.07) is 8.70. The summed E-state index contributed by atoms with van der Waals surface area (Å²) >= 11 is 0. The number of hydrogen-bond acceptors (Lipinski definition) is 1. The second-order valence-corrected chi connectivity index (χ2v) is 5.67. The Balaban J connectivity index is 1.80. The second-order valence-electron chi connectivity index (χ2n) is 5.67. The molecule has 86 valence electrons. The summed E-state index contributed by atoms with van der Waals surface area (Å²) in [6.45, 7) is 1.96. The van der Waals surface area contributed by atoms with E-state index < -0.39 is 5.60 Å². The molecule has 1 atom stereocenters. The van der Waals surface area contributed by atoms with Gasteiger partial charge in [-0.2, -0.15) is 0 Å². The molecule has 0 radical (unpaired) electrons. The van der Waals surface area contributed by atoms with Crippen molar-refractivity contribution in [3.8, 4) is 0 Å². The summed E-state index contributed by atoms with van der Waals surface area (Å²) in [5.41, 5.74) is 1.96. The zero-order chi connectivity index (χ0) is 11.2. The molecule has 1 aromatic carbocycles. The Hall–Kier alpha value is -0.820. The Morgan fingerprint density at radius 1 is 1.06 bits per heavy atom. The molecule has 2 aliphatic carbocycles. The molecule has 0 bridgehead atoms. The third-order valence-corrected chi connectivity index (χ3v) is 4.44. The lowest BCUT2D eigenvalue weighted by atomic mass is 9.79. The van der Waals surface area contributed by atoms with Gasteiger partial charge in [0.15, 0.2) is 0 Å². The minimum absolute atomic E-state index is 0.488. The molecule has 1 aromatic rings. The standard InChI is InChI=1S/C15H20O/c1-15(16,14-9-10-14)13-7-5-12(6-8-13)11-3-2-4-11/h5-8,11,14,16H,2-4,9-10H2,1H3. The summed E-state index contributed by atoms with van der Waals surface area (Å²) in [5.74, 6) is 1.28. The van der Waals surface area contributed by atoms with E-state index in [9.17, 15) is 5.11 Å². The molecule has 16 heavy (non-hydrogen) atoms. The summed E-state index contributed by atoms with van der Waals surface area (Å²) in [5, 5.41) is 10.4. The van der Waals surface area contributed by atoms with Crippen LogP contribution in [0.1, 0.15) is 56.1 Å². The average Bonchev–Trinajstić information content (AvgIpc) is 2.99. The zero-order valence-corrected chi connectivity index (χ0v) is 9.95. The Labute approximate surface area is 97.5 Å². The third-order valence-electron chi connectivity index (χ3n) is 4.44. The van der Waals surface area contributed by atoms with E-state index in [1.54, 1.807) is 0 Å². The maximum atomic E-state index is 10.4. The number of benzene rings is 1. The highest BCUT2D eigenvalue weighted by molar-refractivity contribution is 5.30. The van der Waals surface area contributed by atoms with Crippen molar-refractivity contribution in [3.63, 3.8) is 0 Å². The lowest BCUT2D eigenvalue weighted by Gasteiger charge is -2.28. The van der Waals surface area contributed by atoms with Crippen LogP contribution in [0.2, 0.25) is 0 Å². The van der Waals surface area contributed by atoms with Crippen LogP contribution in [0.5, 0.6) is 0 Å². The highest BCUT2D eigenvalue weighted by Crippen LogP contribution is 2.46. The SMILES string of the molecule is CC(O)(c1ccc(C2CCC2)cc1)C1CC1. The van der Waals surface area contributed by atoms with Gasteiger partial charge in [-0.25, -0.2) is 0 Å². The summed E-state index contributed by atoms with van der Waals surface area (Å²) in [4.78, 5) is 0. The van der Waals surface area contributed by atoms with Crippen molar-refractivity contribution in [2.45, 2.75) is 50.5 Å². The van der Waals surface area contributed by atoms with E-state index in [-0.39, 0.29) is 0 Å². The van der Waals surface area contributed by atoms with Crippen molar-refractivity contribution in [1.29, 1.82) is 0 Å². The fraction of sp³-hybridized carbons (Fsp3) is 0.600. The Bertz CT molecular complexity index is 369. The van der Waals surface area contributed by atoms with Crippen LogP contribution in [0, 0.1) is 5.92 Å². The van der Waals surface area contributed by atoms with Crippen LogP contribution in [0.15, 0.2) is 24.3 Å². The quantitative estimate of drug-likeness (QED) is 0.819. The van der Waals surface area contributed by atoms with Crippen LogP contribution in [0.25, 0.3) is 0 Å². The molecule has 1 heteroatoms. The van der Waals surface area contributed by atoms with Crippen LogP contribution in [-0.2, 0) is 5.60 Å². The van der Waals surface area contributed by atoms with Crippen LogP contribution in [-0.4, -0.2) is 5.11 Å². The van der Waals surface area contributed by atoms with Gasteiger partial charge in [-0.15, -0.1) is 0 Å². The fourth-order valence-corrected chi connectivity index (χ4v) is 2.72. The normalized spacial score (nSPS) is 24.9. The molecule has 0 saturated heterocycles. The maximum Gasteiger partial charge on any atom is 0.0896 e. The molecular weight excluding hydrogens is 196 g/mol. The molecule has 0 heterocycles. The van der Waals surface area contributed by atoms with Gasteiger partial charge in [0.1, 0.15) is 0 Å². The Morgan fingerprint density at radius 3 is 2.12 bits per heavy atom. The average molecular weight is 216 g/mol. The molecule has 0 aliphatic heterocycles. The molecule has 2 saturated carbocycles. The molecule has 2 aliphatic rings. The molecule has 1 unspecified atom stereocenters. The highest BCUT2D eigenvalue weighted by Gasteiger charge is 2.41. The van der Waals surface area contributed by atoms with Gasteiger partial charge in [-0.1, -0.05) is 30.7 Å². The Kier molecular flexibility index (Phi) is 2.32. The monoisotopic (exact) mass is 216 g/mol. The largest absolute Gasteiger partial charge is 0.385 e. The fourth-order valence-electron chi connectivity index (χ4n) is 2.72. The van der Waals surface area contributed by atoms with Crippen LogP contribution in [0.3, 0.4) is 0 Å². The van der Waals surface area contributed by atoms with Gasteiger partial charge >= 0.3 is 0 Å². The zero-order valence-electron chi connectivity index (χ0n) is 9.95. The minimum Gasteiger partial charge on any atom is -0.385 e. The molecule has 1 N–H and O–H groups in total. The summed E-state index contributed by atoms with van der Waals surface area (Å²) in [7, 11) is 0. The lowest BCUT2D eigenvalue weighted by Crippen LogP contribution is -2.23. The van der Waals surface area contributed by atoms with E-state index in [2.05, 4.69) is 24.3 Å². The van der Waals surface area contributed by atoms with Gasteiger partial charge in [-0.3, -0.25) is 0 Å². The van der Waals surface area contributed by atoms with Gasteiger partial charge < -0.3 is 5.11 Å². The first kappa shape index (κ1) is 10.3. The van der Waals surface area contributed by atoms with Crippen molar-refractivity contribution in [2.75, 3.05) is 0 Å². The van der Waals surface area contributed by atoms with E-state index in [1.807, 2.05) is 6.92 Å². The van der Waals surface area contributed by atoms with Crippen LogP contribution >= 0.6 is 0 Å². The van der Waals surface area contributed by atoms with E-state index in [0.717, 1.165) is 11.5 Å². The molecule has 3 rings (SSSR count). The van der Waals surface area contributed by atoms with Crippen molar-refractivity contribution < 1.29 is 5.11 Å². The van der Waals surface area contributed by atoms with E-state index in [0.29, 0.717) is 5.92 Å². The van der Waals surface area contributed by atoms with Crippen LogP contribution in [0.4, 0.5) is 0 Å². The molecule has 0 amide bonds. The first-order valence-electron chi connectivity index (χ1n) is 6.51. The third kappa shape index (κ3) is 1.67. The van der Waals surface area contributed by atoms with Gasteiger partial charge in [0, 0.05) is 0 Å². The number of aliphatic hydroxyl groups is 1. The first-order chi connectivity index (χ1) is 7.68. The second kappa shape index (κ2) is 3.59. The summed E-state index contributed by atoms with van der Waals surface area (Å²) in [6.07, 6.45) is 6.43. The predicted octanol–water partition coefficient (Wildman–Crippen LogP) is 3.57. The minimum atomic E-state index is -0.599. The van der Waals surface area contributed by atoms with Gasteiger partial charge in [0.05, 0.1) is 5.60 Å². The molecule has 0 aromatic heterocycles. The molecule has 2 fully saturated rings. The number of rotatable bonds is 3. The lowest BCUT2D eigenvalue weighted by molar-refractivity contribution is 0.0330. The van der Waals surface area contributed by atoms with Crippen molar-refractivity contribution in [3.05, 3.63) is 35.4 Å². The van der Waals surface area contributed by atoms with E-state index in [1.165, 1.54) is 37.7 Å². The first-order valence-corrected chi connectivity index (χ1v) is 6.51. The van der Waals surface area contributed by atoms with Crippen molar-refractivity contribution >= 4 is 0 Å². The molecular formula is C15H20O. The maximum absolute atomic E-state index is 10.4. The van der Waals surface area contributed by atoms with Crippen molar-refractivity contribution in [1.82, 2.24) is 0 Å².